The van der Waals surface area contributed by atoms with Crippen LogP contribution in [0.2, 0.25) is 0 Å². The zero-order valence-electron chi connectivity index (χ0n) is 14.6. The summed E-state index contributed by atoms with van der Waals surface area (Å²) in [5, 5.41) is 1.66. The van der Waals surface area contributed by atoms with Gasteiger partial charge in [0.25, 0.3) is 0 Å². The predicted molar refractivity (Wildman–Crippen MR) is 95.7 cm³/mol. The van der Waals surface area contributed by atoms with Crippen molar-refractivity contribution in [3.63, 3.8) is 0 Å². The topological polar surface area (TPSA) is 38.5 Å². The van der Waals surface area contributed by atoms with Crippen molar-refractivity contribution < 1.29 is 9.13 Å². The molecule has 0 aromatic heterocycles. The van der Waals surface area contributed by atoms with Crippen LogP contribution in [0.1, 0.15) is 38.7 Å². The van der Waals surface area contributed by atoms with Gasteiger partial charge in [0.2, 0.25) is 0 Å². The number of nitrogens with two attached hydrogens (primary N) is 1. The largest absolute Gasteiger partial charge is 0.483 e. The van der Waals surface area contributed by atoms with Gasteiger partial charge in [0, 0.05) is 18.5 Å². The maximum atomic E-state index is 14.0. The smallest absolute Gasteiger partial charge is 0.129 e. The average Bonchev–Trinajstić information content (AvgIpc) is 2.52. The van der Waals surface area contributed by atoms with Crippen molar-refractivity contribution in [1.82, 2.24) is 5.01 Å². The first-order valence-electron chi connectivity index (χ1n) is 8.43. The van der Waals surface area contributed by atoms with E-state index < -0.39 is 5.60 Å². The molecular weight excluding hydrogens is 303 g/mol. The van der Waals surface area contributed by atoms with E-state index in [1.807, 2.05) is 37.4 Å². The van der Waals surface area contributed by atoms with Crippen LogP contribution in [0, 0.1) is 5.92 Å². The molecule has 1 unspecified atom stereocenters. The molecule has 1 aromatic carbocycles. The Morgan fingerprint density at radius 3 is 2.79 bits per heavy atom. The van der Waals surface area contributed by atoms with Crippen molar-refractivity contribution in [2.45, 2.75) is 38.7 Å². The molecule has 1 atom stereocenters. The third-order valence-electron chi connectivity index (χ3n) is 4.82. The van der Waals surface area contributed by atoms with Gasteiger partial charge in [-0.3, -0.25) is 0 Å². The Kier molecular flexibility index (Phi) is 4.50. The molecule has 128 valence electrons. The monoisotopic (exact) mass is 328 g/mol. The lowest BCUT2D eigenvalue weighted by molar-refractivity contribution is 0.135. The normalized spacial score (nSPS) is 21.9. The first-order valence-corrected chi connectivity index (χ1v) is 8.43. The van der Waals surface area contributed by atoms with Crippen molar-refractivity contribution in [3.8, 4) is 5.75 Å². The van der Waals surface area contributed by atoms with E-state index in [0.29, 0.717) is 0 Å². The molecule has 0 saturated carbocycles. The summed E-state index contributed by atoms with van der Waals surface area (Å²) >= 11 is 0. The van der Waals surface area contributed by atoms with Crippen LogP contribution in [0.25, 0.3) is 5.70 Å². The molecule has 1 heterocycles. The molecule has 3 nitrogen and oxygen atoms in total. The molecule has 0 radical (unpaired) electrons. The lowest BCUT2D eigenvalue weighted by Crippen LogP contribution is -2.39. The second kappa shape index (κ2) is 6.44. The summed E-state index contributed by atoms with van der Waals surface area (Å²) in [6.45, 7) is 4.10. The van der Waals surface area contributed by atoms with Gasteiger partial charge in [0.05, 0.1) is 5.70 Å². The fourth-order valence-electron chi connectivity index (χ4n) is 3.58. The number of hydrogen-bond donors (Lipinski definition) is 1. The Morgan fingerprint density at radius 2 is 2.08 bits per heavy atom. The van der Waals surface area contributed by atoms with Gasteiger partial charge in [0.1, 0.15) is 17.2 Å². The average molecular weight is 328 g/mol. The van der Waals surface area contributed by atoms with E-state index in [4.69, 9.17) is 10.6 Å². The third-order valence-corrected chi connectivity index (χ3v) is 4.82. The van der Waals surface area contributed by atoms with E-state index in [9.17, 15) is 4.39 Å². The van der Waals surface area contributed by atoms with Gasteiger partial charge in [-0.2, -0.15) is 0 Å². The first-order chi connectivity index (χ1) is 11.4. The standard InChI is InChI=1S/C20H25FN2O/c1-20(2)16(13-12-14-8-4-6-10-17(14)21)19(23(3)22)15-9-5-7-11-18(15)24-20/h4-7,9-11,14H,8,12-13,22H2,1-3H3. The molecular formula is C20H25FN2O. The molecule has 0 saturated heterocycles. The van der Waals surface area contributed by atoms with Gasteiger partial charge in [-0.05, 0) is 56.9 Å². The number of ether oxygens (including phenoxy) is 1. The maximum Gasteiger partial charge on any atom is 0.129 e. The van der Waals surface area contributed by atoms with Gasteiger partial charge in [0.15, 0.2) is 0 Å². The number of hydrogen-bond acceptors (Lipinski definition) is 3. The van der Waals surface area contributed by atoms with Gasteiger partial charge >= 0.3 is 0 Å². The number of nitrogens with zero attached hydrogens (tertiary/aromatic N) is 1. The minimum Gasteiger partial charge on any atom is -0.483 e. The second-order valence-electron chi connectivity index (χ2n) is 7.00. The summed E-state index contributed by atoms with van der Waals surface area (Å²) in [7, 11) is 1.84. The summed E-state index contributed by atoms with van der Waals surface area (Å²) in [6.07, 6.45) is 7.62. The van der Waals surface area contributed by atoms with Gasteiger partial charge in [-0.1, -0.05) is 24.3 Å². The molecule has 0 fully saturated rings. The number of hydrazine groups is 1. The summed E-state index contributed by atoms with van der Waals surface area (Å²) in [5.74, 6) is 6.90. The van der Waals surface area contributed by atoms with Crippen LogP contribution in [-0.2, 0) is 0 Å². The van der Waals surface area contributed by atoms with Gasteiger partial charge in [-0.15, -0.1) is 0 Å². The SMILES string of the molecule is CN(N)C1=C(CCC2CC=CC=C2F)C(C)(C)Oc2ccccc21. The number of fused-ring (bicyclic) bond motifs is 1. The minimum atomic E-state index is -0.470. The molecule has 0 amide bonds. The molecule has 1 aliphatic heterocycles. The Hall–Kier alpha value is -2.07. The predicted octanol–water partition coefficient (Wildman–Crippen LogP) is 4.58. The third kappa shape index (κ3) is 3.11. The van der Waals surface area contributed by atoms with Crippen molar-refractivity contribution in [1.29, 1.82) is 0 Å². The van der Waals surface area contributed by atoms with Crippen LogP contribution in [0.3, 0.4) is 0 Å². The van der Waals surface area contributed by atoms with Crippen molar-refractivity contribution in [2.75, 3.05) is 7.05 Å². The van der Waals surface area contributed by atoms with E-state index in [1.165, 1.54) is 0 Å². The fourth-order valence-corrected chi connectivity index (χ4v) is 3.58. The molecule has 0 spiro atoms. The van der Waals surface area contributed by atoms with Crippen LogP contribution in [0.4, 0.5) is 4.39 Å². The Morgan fingerprint density at radius 1 is 1.33 bits per heavy atom. The molecule has 24 heavy (non-hydrogen) atoms. The van der Waals surface area contributed by atoms with E-state index in [2.05, 4.69) is 13.8 Å². The summed E-state index contributed by atoms with van der Waals surface area (Å²) in [4.78, 5) is 0. The lowest BCUT2D eigenvalue weighted by atomic mass is 9.83. The van der Waals surface area contributed by atoms with Crippen LogP contribution >= 0.6 is 0 Å². The zero-order valence-corrected chi connectivity index (χ0v) is 14.6. The lowest BCUT2D eigenvalue weighted by Gasteiger charge is -2.39. The zero-order chi connectivity index (χ0) is 17.3. The highest BCUT2D eigenvalue weighted by atomic mass is 19.1. The van der Waals surface area contributed by atoms with E-state index >= 15 is 0 Å². The second-order valence-corrected chi connectivity index (χ2v) is 7.00. The van der Waals surface area contributed by atoms with Crippen LogP contribution < -0.4 is 10.6 Å². The van der Waals surface area contributed by atoms with Crippen LogP contribution in [0.5, 0.6) is 5.75 Å². The molecule has 3 rings (SSSR count). The maximum absolute atomic E-state index is 14.0. The number of para-hydroxylation sites is 1. The molecule has 1 aliphatic carbocycles. The van der Waals surface area contributed by atoms with Gasteiger partial charge < -0.3 is 9.75 Å². The minimum absolute atomic E-state index is 0.0318. The van der Waals surface area contributed by atoms with Crippen molar-refractivity contribution in [3.05, 3.63) is 59.5 Å². The highest BCUT2D eigenvalue weighted by molar-refractivity contribution is 5.75. The molecule has 4 heteroatoms. The Bertz CT molecular complexity index is 716. The van der Waals surface area contributed by atoms with Crippen molar-refractivity contribution >= 4 is 5.70 Å². The highest BCUT2D eigenvalue weighted by Crippen LogP contribution is 2.43. The van der Waals surface area contributed by atoms with Crippen LogP contribution in [0.15, 0.2) is 53.9 Å². The highest BCUT2D eigenvalue weighted by Gasteiger charge is 2.36. The number of allylic oxidation sites excluding steroid dienone is 4. The van der Waals surface area contributed by atoms with E-state index in [-0.39, 0.29) is 11.7 Å². The van der Waals surface area contributed by atoms with Gasteiger partial charge in [-0.25, -0.2) is 10.2 Å². The molecule has 1 aromatic rings. The quantitative estimate of drug-likeness (QED) is 0.649. The number of rotatable bonds is 4. The summed E-state index contributed by atoms with van der Waals surface area (Å²) < 4.78 is 20.2. The molecule has 0 bridgehead atoms. The molecule has 2 aliphatic rings. The first kappa shape index (κ1) is 16.8. The summed E-state index contributed by atoms with van der Waals surface area (Å²) in [6, 6.07) is 7.93. The Balaban J connectivity index is 1.95. The summed E-state index contributed by atoms with van der Waals surface area (Å²) in [5.41, 5.74) is 2.63. The van der Waals surface area contributed by atoms with E-state index in [0.717, 1.165) is 41.8 Å². The molecule has 2 N–H and O–H groups in total. The fraction of sp³-hybridized carbons (Fsp3) is 0.400. The van der Waals surface area contributed by atoms with Crippen LogP contribution in [-0.4, -0.2) is 17.7 Å². The number of halogens is 1. The number of benzene rings is 1. The van der Waals surface area contributed by atoms with Crippen molar-refractivity contribution in [2.24, 2.45) is 11.8 Å². The van der Waals surface area contributed by atoms with E-state index in [1.54, 1.807) is 17.2 Å². The Labute approximate surface area is 143 Å².